The van der Waals surface area contributed by atoms with E-state index in [4.69, 9.17) is 17.7 Å². The monoisotopic (exact) mass is 453 g/mol. The fraction of sp³-hybridized carbons (Fsp3) is 1.00. The number of hydrogen-bond donors (Lipinski definition) is 1. The van der Waals surface area contributed by atoms with Crippen LogP contribution in [0.4, 0.5) is 0 Å². The Kier molecular flexibility index (Phi) is 12.7. The van der Waals surface area contributed by atoms with Gasteiger partial charge in [-0.25, -0.2) is 0 Å². The van der Waals surface area contributed by atoms with Crippen LogP contribution in [0.1, 0.15) is 27.7 Å². The highest BCUT2D eigenvalue weighted by Crippen LogP contribution is 2.25. The van der Waals surface area contributed by atoms with E-state index in [0.29, 0.717) is 0 Å². The predicted molar refractivity (Wildman–Crippen MR) is 127 cm³/mol. The molecule has 0 atom stereocenters. The highest BCUT2D eigenvalue weighted by molar-refractivity contribution is 6.92. The second-order valence-electron chi connectivity index (χ2n) is 8.89. The van der Waals surface area contributed by atoms with E-state index in [1.165, 1.54) is 12.1 Å². The molecule has 0 aliphatic rings. The van der Waals surface area contributed by atoms with Crippen molar-refractivity contribution in [3.8, 4) is 0 Å². The van der Waals surface area contributed by atoms with Crippen LogP contribution in [0, 0.1) is 0 Å². The molecule has 0 rings (SSSR count). The molecule has 0 bridgehead atoms. The molecule has 5 nitrogen and oxygen atoms in total. The maximum Gasteiger partial charge on any atom is 0.334 e. The SMILES string of the molecule is CCO[Si](C)(CC[Si](C)(C)N[Si](C)(C)CC[Si](C)(OCC)OCC)OCC. The van der Waals surface area contributed by atoms with Gasteiger partial charge in [-0.3, -0.25) is 0 Å². The van der Waals surface area contributed by atoms with Crippen LogP contribution in [0.5, 0.6) is 0 Å². The molecule has 1 N–H and O–H groups in total. The third-order valence-corrected chi connectivity index (χ3v) is 20.2. The Bertz CT molecular complexity index is 363. The largest absolute Gasteiger partial charge is 0.395 e. The molecule has 0 amide bonds. The summed E-state index contributed by atoms with van der Waals surface area (Å²) in [6, 6.07) is 4.57. The fourth-order valence-corrected chi connectivity index (χ4v) is 23.9. The summed E-state index contributed by atoms with van der Waals surface area (Å²) >= 11 is 0. The van der Waals surface area contributed by atoms with E-state index in [1.807, 2.05) is 0 Å². The minimum absolute atomic E-state index is 0.746. The van der Waals surface area contributed by atoms with Crippen molar-refractivity contribution in [2.45, 2.75) is 91.2 Å². The number of rotatable bonds is 16. The molecule has 0 saturated carbocycles. The first kappa shape index (κ1) is 27.7. The summed E-state index contributed by atoms with van der Waals surface area (Å²) in [6.45, 7) is 25.5. The number of hydrogen-bond acceptors (Lipinski definition) is 5. The highest BCUT2D eigenvalue weighted by atomic mass is 28.4. The average molecular weight is 454 g/mol. The summed E-state index contributed by atoms with van der Waals surface area (Å²) in [5, 5.41) is 0. The van der Waals surface area contributed by atoms with Crippen LogP contribution >= 0.6 is 0 Å². The standard InChI is InChI=1S/C18H47NO4Si4/c1-11-20-26(9,21-12-2)17-15-24(5,6)19-25(7,8)16-18-27(10,22-13-3)23-14-4/h19H,11-18H2,1-10H3. The Balaban J connectivity index is 4.78. The van der Waals surface area contributed by atoms with Gasteiger partial charge in [0.05, 0.1) is 0 Å². The van der Waals surface area contributed by atoms with E-state index in [-0.39, 0.29) is 0 Å². The summed E-state index contributed by atoms with van der Waals surface area (Å²) in [7, 11) is -7.09. The van der Waals surface area contributed by atoms with Crippen molar-refractivity contribution in [1.82, 2.24) is 4.65 Å². The van der Waals surface area contributed by atoms with Crippen molar-refractivity contribution in [2.24, 2.45) is 0 Å². The first-order chi connectivity index (χ1) is 12.4. The van der Waals surface area contributed by atoms with Gasteiger partial charge in [-0.1, -0.05) is 26.2 Å². The van der Waals surface area contributed by atoms with E-state index >= 15 is 0 Å². The topological polar surface area (TPSA) is 49.0 Å². The lowest BCUT2D eigenvalue weighted by Gasteiger charge is -2.38. The van der Waals surface area contributed by atoms with Crippen LogP contribution in [0.15, 0.2) is 0 Å². The Morgan fingerprint density at radius 1 is 0.481 bits per heavy atom. The summed E-state index contributed by atoms with van der Waals surface area (Å²) in [6.07, 6.45) is 0. The molecular formula is C18H47NO4Si4. The third-order valence-electron chi connectivity index (χ3n) is 4.88. The summed E-state index contributed by atoms with van der Waals surface area (Å²) in [4.78, 5) is 0. The molecule has 0 aromatic rings. The van der Waals surface area contributed by atoms with Crippen molar-refractivity contribution < 1.29 is 17.7 Å². The third kappa shape index (κ3) is 12.1. The molecule has 0 aromatic heterocycles. The molecule has 0 unspecified atom stereocenters. The maximum atomic E-state index is 6.04. The summed E-state index contributed by atoms with van der Waals surface area (Å²) in [5.41, 5.74) is 0. The Hall–Kier alpha value is 0.668. The zero-order chi connectivity index (χ0) is 21.2. The van der Waals surface area contributed by atoms with Gasteiger partial charge in [-0.15, -0.1) is 0 Å². The lowest BCUT2D eigenvalue weighted by Crippen LogP contribution is -2.60. The Morgan fingerprint density at radius 2 is 0.741 bits per heavy atom. The first-order valence-electron chi connectivity index (χ1n) is 10.7. The van der Waals surface area contributed by atoms with Gasteiger partial charge in [-0.05, 0) is 65.0 Å². The van der Waals surface area contributed by atoms with Crippen LogP contribution in [-0.4, -0.2) is 60.0 Å². The van der Waals surface area contributed by atoms with Crippen LogP contribution < -0.4 is 4.65 Å². The molecule has 0 fully saturated rings. The van der Waals surface area contributed by atoms with E-state index < -0.39 is 33.6 Å². The molecule has 9 heteroatoms. The molecule has 0 heterocycles. The average Bonchev–Trinajstić information content (AvgIpc) is 2.52. The van der Waals surface area contributed by atoms with E-state index in [1.54, 1.807) is 0 Å². The van der Waals surface area contributed by atoms with Gasteiger partial charge in [-0.2, -0.15) is 0 Å². The molecule has 164 valence electrons. The molecule has 0 spiro atoms. The van der Waals surface area contributed by atoms with Gasteiger partial charge >= 0.3 is 17.1 Å². The lowest BCUT2D eigenvalue weighted by molar-refractivity contribution is 0.189. The highest BCUT2D eigenvalue weighted by Gasteiger charge is 2.39. The van der Waals surface area contributed by atoms with Crippen LogP contribution in [0.2, 0.25) is 63.5 Å². The molecule has 0 aromatic carbocycles. The second kappa shape index (κ2) is 12.4. The molecular weight excluding hydrogens is 407 g/mol. The predicted octanol–water partition coefficient (Wildman–Crippen LogP) is 5.28. The van der Waals surface area contributed by atoms with Crippen molar-refractivity contribution >= 4 is 33.6 Å². The van der Waals surface area contributed by atoms with Gasteiger partial charge in [0.2, 0.25) is 0 Å². The summed E-state index contributed by atoms with van der Waals surface area (Å²) in [5.74, 6) is 0. The van der Waals surface area contributed by atoms with Gasteiger partial charge < -0.3 is 22.4 Å². The van der Waals surface area contributed by atoms with E-state index in [2.05, 4.69) is 71.6 Å². The van der Waals surface area contributed by atoms with Crippen molar-refractivity contribution in [2.75, 3.05) is 26.4 Å². The zero-order valence-corrected chi connectivity index (χ0v) is 23.8. The van der Waals surface area contributed by atoms with E-state index in [9.17, 15) is 0 Å². The number of nitrogens with one attached hydrogen (secondary N) is 1. The fourth-order valence-electron chi connectivity index (χ4n) is 3.71. The summed E-state index contributed by atoms with van der Waals surface area (Å²) < 4.78 is 28.3. The normalized spacial score (nSPS) is 14.0. The van der Waals surface area contributed by atoms with E-state index in [0.717, 1.165) is 38.5 Å². The van der Waals surface area contributed by atoms with Gasteiger partial charge in [0.1, 0.15) is 16.5 Å². The smallest absolute Gasteiger partial charge is 0.334 e. The first-order valence-corrected chi connectivity index (χ1v) is 22.2. The van der Waals surface area contributed by atoms with Crippen LogP contribution in [0.3, 0.4) is 0 Å². The minimum Gasteiger partial charge on any atom is -0.395 e. The molecule has 0 radical (unpaired) electrons. The zero-order valence-electron chi connectivity index (χ0n) is 19.8. The van der Waals surface area contributed by atoms with Gasteiger partial charge in [0.25, 0.3) is 0 Å². The molecule has 27 heavy (non-hydrogen) atoms. The van der Waals surface area contributed by atoms with Crippen LogP contribution in [0.25, 0.3) is 0 Å². The van der Waals surface area contributed by atoms with Crippen molar-refractivity contribution in [3.63, 3.8) is 0 Å². The van der Waals surface area contributed by atoms with Gasteiger partial charge in [0.15, 0.2) is 0 Å². The van der Waals surface area contributed by atoms with Crippen molar-refractivity contribution in [1.29, 1.82) is 0 Å². The van der Waals surface area contributed by atoms with Crippen molar-refractivity contribution in [3.05, 3.63) is 0 Å². The molecule has 0 saturated heterocycles. The van der Waals surface area contributed by atoms with Crippen LogP contribution in [-0.2, 0) is 17.7 Å². The molecule has 0 aliphatic heterocycles. The van der Waals surface area contributed by atoms with Gasteiger partial charge in [0, 0.05) is 26.4 Å². The quantitative estimate of drug-likeness (QED) is 0.322. The molecule has 0 aliphatic carbocycles. The maximum absolute atomic E-state index is 6.04. The Morgan fingerprint density at radius 3 is 0.963 bits per heavy atom. The lowest BCUT2D eigenvalue weighted by atomic mass is 10.9. The Labute approximate surface area is 173 Å². The second-order valence-corrected chi connectivity index (χ2v) is 25.1. The minimum atomic E-state index is -2.03.